The largest absolute Gasteiger partial charge is 0.366 e. The lowest BCUT2D eigenvalue weighted by atomic mass is 9.90. The predicted octanol–water partition coefficient (Wildman–Crippen LogP) is 3.93. The number of hydrogen-bond donors (Lipinski definition) is 2. The molecule has 6 nitrogen and oxygen atoms in total. The highest BCUT2D eigenvalue weighted by atomic mass is 32.2. The van der Waals surface area contributed by atoms with Gasteiger partial charge in [0.25, 0.3) is 5.91 Å². The van der Waals surface area contributed by atoms with E-state index in [4.69, 9.17) is 5.73 Å². The Balaban J connectivity index is 1.54. The number of carbonyl (C=O) groups excluding carboxylic acids is 1. The number of hydrogen-bond acceptors (Lipinski definition) is 3. The molecule has 0 saturated carbocycles. The number of aromatic nitrogens is 1. The molecule has 1 fully saturated rings. The molecule has 1 amide bonds. The molecule has 7 heteroatoms. The van der Waals surface area contributed by atoms with Crippen molar-refractivity contribution >= 4 is 26.8 Å². The summed E-state index contributed by atoms with van der Waals surface area (Å²) in [5.74, 6) is 0.223. The molecule has 3 N–H and O–H groups in total. The van der Waals surface area contributed by atoms with Crippen LogP contribution in [0.5, 0.6) is 0 Å². The van der Waals surface area contributed by atoms with Gasteiger partial charge in [-0.05, 0) is 67.3 Å². The maximum atomic E-state index is 12.1. The third-order valence-corrected chi connectivity index (χ3v) is 8.28. The lowest BCUT2D eigenvalue weighted by Crippen LogP contribution is -2.39. The summed E-state index contributed by atoms with van der Waals surface area (Å²) in [7, 11) is -3.09. The molecule has 0 bridgehead atoms. The van der Waals surface area contributed by atoms with Crippen LogP contribution in [0.15, 0.2) is 48.7 Å². The number of benzene rings is 2. The Hall–Kier alpha value is -2.64. The van der Waals surface area contributed by atoms with Crippen molar-refractivity contribution in [3.8, 4) is 11.1 Å². The molecular formula is C24H29N3O3S. The molecule has 1 aliphatic rings. The van der Waals surface area contributed by atoms with Crippen LogP contribution in [-0.4, -0.2) is 42.5 Å². The molecule has 1 aromatic heterocycles. The third kappa shape index (κ3) is 4.52. The maximum Gasteiger partial charge on any atom is 0.250 e. The fourth-order valence-corrected chi connectivity index (χ4v) is 5.64. The van der Waals surface area contributed by atoms with Gasteiger partial charge in [-0.3, -0.25) is 4.79 Å². The van der Waals surface area contributed by atoms with Gasteiger partial charge >= 0.3 is 0 Å². The Kier molecular flexibility index (Phi) is 6.16. The SMILES string of the molecule is CCS(=O)(=O)N1CCC(CCc2c[nH]c3c(C(N)=O)cc(-c4ccccc4)cc23)CC1. The fraction of sp³-hybridized carbons (Fsp3) is 0.375. The maximum absolute atomic E-state index is 12.1. The van der Waals surface area contributed by atoms with Crippen LogP contribution in [0.2, 0.25) is 0 Å². The summed E-state index contributed by atoms with van der Waals surface area (Å²) in [4.78, 5) is 15.3. The van der Waals surface area contributed by atoms with Crippen LogP contribution in [0, 0.1) is 5.92 Å². The zero-order valence-electron chi connectivity index (χ0n) is 17.8. The second kappa shape index (κ2) is 8.85. The van der Waals surface area contributed by atoms with Gasteiger partial charge in [0.15, 0.2) is 0 Å². The molecule has 31 heavy (non-hydrogen) atoms. The average Bonchev–Trinajstić information content (AvgIpc) is 3.20. The van der Waals surface area contributed by atoms with E-state index in [9.17, 15) is 13.2 Å². The molecule has 1 saturated heterocycles. The van der Waals surface area contributed by atoms with E-state index in [1.165, 1.54) is 5.56 Å². The summed E-state index contributed by atoms with van der Waals surface area (Å²) in [6.45, 7) is 2.92. The Bertz CT molecular complexity index is 1180. The minimum Gasteiger partial charge on any atom is -0.366 e. The molecule has 0 atom stereocenters. The number of nitrogens with one attached hydrogen (secondary N) is 1. The van der Waals surface area contributed by atoms with Gasteiger partial charge in [0.2, 0.25) is 10.0 Å². The van der Waals surface area contributed by atoms with Crippen LogP contribution in [0.4, 0.5) is 0 Å². The van der Waals surface area contributed by atoms with Gasteiger partial charge in [0.05, 0.1) is 16.8 Å². The van der Waals surface area contributed by atoms with E-state index < -0.39 is 15.9 Å². The molecule has 2 heterocycles. The van der Waals surface area contributed by atoms with Crippen molar-refractivity contribution in [3.63, 3.8) is 0 Å². The lowest BCUT2D eigenvalue weighted by molar-refractivity contribution is 0.100. The summed E-state index contributed by atoms with van der Waals surface area (Å²) >= 11 is 0. The van der Waals surface area contributed by atoms with Crippen LogP contribution in [-0.2, 0) is 16.4 Å². The standard InChI is InChI=1S/C24H29N3O3S/c1-2-31(29,30)27-12-10-17(11-13-27)8-9-19-16-26-23-21(19)14-20(15-22(23)24(25)28)18-6-4-3-5-7-18/h3-7,14-17,26H,2,8-13H2,1H3,(H2,25,28). The van der Waals surface area contributed by atoms with Crippen molar-refractivity contribution in [2.24, 2.45) is 11.7 Å². The molecule has 0 spiro atoms. The zero-order valence-corrected chi connectivity index (χ0v) is 18.6. The van der Waals surface area contributed by atoms with Crippen molar-refractivity contribution in [2.45, 2.75) is 32.6 Å². The zero-order chi connectivity index (χ0) is 22.0. The Morgan fingerprint density at radius 2 is 1.84 bits per heavy atom. The fourth-order valence-electron chi connectivity index (χ4n) is 4.50. The highest BCUT2D eigenvalue weighted by Gasteiger charge is 2.26. The number of nitrogens with two attached hydrogens (primary N) is 1. The first-order chi connectivity index (χ1) is 14.9. The monoisotopic (exact) mass is 439 g/mol. The molecule has 0 unspecified atom stereocenters. The quantitative estimate of drug-likeness (QED) is 0.584. The normalized spacial score (nSPS) is 16.0. The number of sulfonamides is 1. The highest BCUT2D eigenvalue weighted by molar-refractivity contribution is 7.89. The lowest BCUT2D eigenvalue weighted by Gasteiger charge is -2.30. The number of primary amides is 1. The number of aromatic amines is 1. The number of H-pyrrole nitrogens is 1. The van der Waals surface area contributed by atoms with E-state index in [0.29, 0.717) is 24.6 Å². The Labute approximate surface area is 183 Å². The first kappa shape index (κ1) is 21.6. The smallest absolute Gasteiger partial charge is 0.250 e. The first-order valence-corrected chi connectivity index (χ1v) is 12.5. The Morgan fingerprint density at radius 3 is 2.48 bits per heavy atom. The van der Waals surface area contributed by atoms with Gasteiger partial charge in [0, 0.05) is 24.7 Å². The molecular weight excluding hydrogens is 410 g/mol. The van der Waals surface area contributed by atoms with E-state index in [1.807, 2.05) is 42.6 Å². The first-order valence-electron chi connectivity index (χ1n) is 10.9. The predicted molar refractivity (Wildman–Crippen MR) is 124 cm³/mol. The van der Waals surface area contributed by atoms with Gasteiger partial charge in [-0.15, -0.1) is 0 Å². The van der Waals surface area contributed by atoms with Crippen LogP contribution >= 0.6 is 0 Å². The van der Waals surface area contributed by atoms with Crippen molar-refractivity contribution in [1.82, 2.24) is 9.29 Å². The highest BCUT2D eigenvalue weighted by Crippen LogP contribution is 2.31. The number of nitrogens with zero attached hydrogens (tertiary/aromatic N) is 1. The van der Waals surface area contributed by atoms with Crippen LogP contribution in [0.3, 0.4) is 0 Å². The summed E-state index contributed by atoms with van der Waals surface area (Å²) < 4.78 is 25.8. The van der Waals surface area contributed by atoms with Crippen LogP contribution in [0.25, 0.3) is 22.0 Å². The van der Waals surface area contributed by atoms with Crippen LogP contribution in [0.1, 0.15) is 42.1 Å². The van der Waals surface area contributed by atoms with Crippen molar-refractivity contribution in [3.05, 3.63) is 59.8 Å². The summed E-state index contributed by atoms with van der Waals surface area (Å²) in [6.07, 6.45) is 5.63. The van der Waals surface area contributed by atoms with E-state index in [0.717, 1.165) is 47.7 Å². The van der Waals surface area contributed by atoms with Gasteiger partial charge in [0.1, 0.15) is 0 Å². The second-order valence-corrected chi connectivity index (χ2v) is 10.5. The molecule has 1 aliphatic heterocycles. The van der Waals surface area contributed by atoms with Crippen molar-refractivity contribution < 1.29 is 13.2 Å². The average molecular weight is 440 g/mol. The minimum absolute atomic E-state index is 0.166. The van der Waals surface area contributed by atoms with Gasteiger partial charge < -0.3 is 10.7 Å². The molecule has 164 valence electrons. The summed E-state index contributed by atoms with van der Waals surface area (Å²) in [5, 5.41) is 1.03. The van der Waals surface area contributed by atoms with E-state index in [1.54, 1.807) is 11.2 Å². The van der Waals surface area contributed by atoms with Gasteiger partial charge in [-0.1, -0.05) is 30.3 Å². The number of fused-ring (bicyclic) bond motifs is 1. The van der Waals surface area contributed by atoms with E-state index in [-0.39, 0.29) is 5.75 Å². The summed E-state index contributed by atoms with van der Waals surface area (Å²) in [6, 6.07) is 13.9. The molecule has 2 aromatic carbocycles. The Morgan fingerprint density at radius 1 is 1.13 bits per heavy atom. The number of aryl methyl sites for hydroxylation is 1. The molecule has 0 aliphatic carbocycles. The molecule has 4 rings (SSSR count). The molecule has 3 aromatic rings. The molecule has 0 radical (unpaired) electrons. The number of piperidine rings is 1. The number of rotatable bonds is 7. The van der Waals surface area contributed by atoms with Crippen molar-refractivity contribution in [2.75, 3.05) is 18.8 Å². The van der Waals surface area contributed by atoms with Gasteiger partial charge in [-0.2, -0.15) is 0 Å². The van der Waals surface area contributed by atoms with E-state index >= 15 is 0 Å². The third-order valence-electron chi connectivity index (χ3n) is 6.40. The minimum atomic E-state index is -3.09. The summed E-state index contributed by atoms with van der Waals surface area (Å²) in [5.41, 5.74) is 10.1. The van der Waals surface area contributed by atoms with Gasteiger partial charge in [-0.25, -0.2) is 12.7 Å². The second-order valence-electron chi connectivity index (χ2n) is 8.27. The van der Waals surface area contributed by atoms with Crippen molar-refractivity contribution in [1.29, 1.82) is 0 Å². The number of amides is 1. The van der Waals surface area contributed by atoms with E-state index in [2.05, 4.69) is 11.1 Å². The van der Waals surface area contributed by atoms with Crippen LogP contribution < -0.4 is 5.73 Å². The topological polar surface area (TPSA) is 96.3 Å². The number of carbonyl (C=O) groups is 1.